The Hall–Kier alpha value is -0.470. The molecule has 5 nitrogen and oxygen atoms in total. The van der Waals surface area contributed by atoms with Gasteiger partial charge in [-0.2, -0.15) is 5.06 Å². The van der Waals surface area contributed by atoms with E-state index in [1.54, 1.807) is 24.3 Å². The van der Waals surface area contributed by atoms with E-state index in [9.17, 15) is 4.79 Å². The van der Waals surface area contributed by atoms with Crippen LogP contribution in [-0.2, 0) is 9.68 Å². The Balaban J connectivity index is 2.91. The predicted octanol–water partition coefficient (Wildman–Crippen LogP) is 3.60. The van der Waals surface area contributed by atoms with E-state index in [0.717, 1.165) is 14.0 Å². The monoisotopic (exact) mass is 340 g/mol. The summed E-state index contributed by atoms with van der Waals surface area (Å²) in [5.74, 6) is 0. The molecule has 17 heavy (non-hydrogen) atoms. The molecule has 0 aliphatic rings. The first-order chi connectivity index (χ1) is 8.13. The zero-order chi connectivity index (χ0) is 12.8. The molecule has 0 fully saturated rings. The van der Waals surface area contributed by atoms with Crippen molar-refractivity contribution >= 4 is 49.5 Å². The van der Waals surface area contributed by atoms with Gasteiger partial charge >= 0.3 is 6.03 Å². The number of hydrogen-bond acceptors (Lipinski definition) is 4. The van der Waals surface area contributed by atoms with E-state index in [2.05, 4.69) is 15.9 Å². The number of nitrogens with zero attached hydrogens (tertiary/aromatic N) is 2. The van der Waals surface area contributed by atoms with Crippen molar-refractivity contribution in [2.45, 2.75) is 0 Å². The molecule has 1 aromatic rings. The smallest absolute Gasteiger partial charge is 0.268 e. The average Bonchev–Trinajstić information content (AvgIpc) is 2.34. The minimum absolute atomic E-state index is 0.544. The third kappa shape index (κ3) is 3.75. The van der Waals surface area contributed by atoms with Crippen molar-refractivity contribution in [2.75, 3.05) is 19.3 Å². The van der Waals surface area contributed by atoms with E-state index in [-0.39, 0.29) is 0 Å². The SMILES string of the molecule is CON(SCl)C(=O)N(OC)c1ccc(Br)cc1. The van der Waals surface area contributed by atoms with Gasteiger partial charge in [-0.25, -0.2) is 4.79 Å². The molecule has 2 amide bonds. The number of anilines is 1. The predicted molar refractivity (Wildman–Crippen MR) is 71.3 cm³/mol. The zero-order valence-corrected chi connectivity index (χ0v) is 12.3. The molecule has 0 unspecified atom stereocenters. The number of amides is 2. The number of carbonyl (C=O) groups excluding carboxylic acids is 1. The van der Waals surface area contributed by atoms with Crippen molar-refractivity contribution in [3.05, 3.63) is 28.7 Å². The Morgan fingerprint density at radius 2 is 1.88 bits per heavy atom. The lowest BCUT2D eigenvalue weighted by Crippen LogP contribution is -2.38. The second kappa shape index (κ2) is 7.07. The van der Waals surface area contributed by atoms with E-state index in [0.29, 0.717) is 16.8 Å². The Morgan fingerprint density at radius 1 is 1.29 bits per heavy atom. The molecule has 0 radical (unpaired) electrons. The van der Waals surface area contributed by atoms with Crippen LogP contribution in [0.1, 0.15) is 0 Å². The lowest BCUT2D eigenvalue weighted by molar-refractivity contribution is -0.00728. The molecule has 0 spiro atoms. The second-order valence-electron chi connectivity index (χ2n) is 2.74. The third-order valence-electron chi connectivity index (χ3n) is 1.80. The highest BCUT2D eigenvalue weighted by Gasteiger charge is 2.23. The van der Waals surface area contributed by atoms with Gasteiger partial charge in [0.2, 0.25) is 0 Å². The largest absolute Gasteiger partial charge is 0.384 e. The van der Waals surface area contributed by atoms with Crippen LogP contribution in [0.4, 0.5) is 10.5 Å². The van der Waals surface area contributed by atoms with Crippen molar-refractivity contribution in [1.82, 2.24) is 4.47 Å². The summed E-state index contributed by atoms with van der Waals surface area (Å²) >= 11 is 3.93. The number of halogens is 2. The highest BCUT2D eigenvalue weighted by atomic mass is 79.9. The van der Waals surface area contributed by atoms with Crippen LogP contribution in [0.3, 0.4) is 0 Å². The minimum atomic E-state index is -0.544. The van der Waals surface area contributed by atoms with E-state index < -0.39 is 6.03 Å². The summed E-state index contributed by atoms with van der Waals surface area (Å²) in [4.78, 5) is 21.7. The summed E-state index contributed by atoms with van der Waals surface area (Å²) < 4.78 is 1.78. The molecule has 0 saturated heterocycles. The van der Waals surface area contributed by atoms with Crippen LogP contribution >= 0.6 is 37.8 Å². The molecule has 1 aromatic carbocycles. The van der Waals surface area contributed by atoms with Crippen LogP contribution in [0.5, 0.6) is 0 Å². The molecule has 8 heteroatoms. The summed E-state index contributed by atoms with van der Waals surface area (Å²) in [7, 11) is 8.20. The number of hydrogen-bond donors (Lipinski definition) is 0. The van der Waals surface area contributed by atoms with Crippen molar-refractivity contribution in [2.24, 2.45) is 0 Å². The van der Waals surface area contributed by atoms with Crippen molar-refractivity contribution < 1.29 is 14.5 Å². The van der Waals surface area contributed by atoms with Crippen molar-refractivity contribution in [3.63, 3.8) is 0 Å². The van der Waals surface area contributed by atoms with Crippen LogP contribution in [0.15, 0.2) is 28.7 Å². The molecule has 0 saturated carbocycles. The Kier molecular flexibility index (Phi) is 6.07. The molecule has 0 aromatic heterocycles. The molecule has 0 heterocycles. The maximum Gasteiger partial charge on any atom is 0.384 e. The van der Waals surface area contributed by atoms with Gasteiger partial charge in [-0.1, -0.05) is 15.9 Å². The molecule has 94 valence electrons. The van der Waals surface area contributed by atoms with Gasteiger partial charge < -0.3 is 0 Å². The first-order valence-corrected chi connectivity index (χ1v) is 6.80. The first kappa shape index (κ1) is 14.6. The maximum absolute atomic E-state index is 11.9. The van der Waals surface area contributed by atoms with Crippen molar-refractivity contribution in [3.8, 4) is 0 Å². The van der Waals surface area contributed by atoms with Gasteiger partial charge in [0.25, 0.3) is 0 Å². The lowest BCUT2D eigenvalue weighted by atomic mass is 10.3. The van der Waals surface area contributed by atoms with Gasteiger partial charge in [0.15, 0.2) is 0 Å². The standard InChI is InChI=1S/C9H10BrClN2O3S/c1-15-12(9(14)13(16-2)17-11)8-5-3-7(10)4-6-8/h3-6H,1-2H3. The van der Waals surface area contributed by atoms with E-state index in [1.165, 1.54) is 14.2 Å². The van der Waals surface area contributed by atoms with Gasteiger partial charge in [0, 0.05) is 4.47 Å². The quantitative estimate of drug-likeness (QED) is 0.620. The summed E-state index contributed by atoms with van der Waals surface area (Å²) in [5.41, 5.74) is 0.563. The molecule has 0 atom stereocenters. The molecular weight excluding hydrogens is 332 g/mol. The summed E-state index contributed by atoms with van der Waals surface area (Å²) in [5, 5.41) is 1.06. The van der Waals surface area contributed by atoms with Gasteiger partial charge in [-0.3, -0.25) is 9.68 Å². The normalized spacial score (nSPS) is 10.1. The van der Waals surface area contributed by atoms with Crippen LogP contribution < -0.4 is 5.06 Å². The van der Waals surface area contributed by atoms with Crippen LogP contribution in [0.25, 0.3) is 0 Å². The molecule has 0 aliphatic heterocycles. The van der Waals surface area contributed by atoms with Crippen LogP contribution in [0.2, 0.25) is 0 Å². The number of carbonyl (C=O) groups is 1. The summed E-state index contributed by atoms with van der Waals surface area (Å²) in [6, 6.07) is 6.48. The van der Waals surface area contributed by atoms with Gasteiger partial charge in [-0.05, 0) is 34.9 Å². The molecule has 0 N–H and O–H groups in total. The average molecular weight is 342 g/mol. The number of benzene rings is 1. The number of urea groups is 1. The minimum Gasteiger partial charge on any atom is -0.268 e. The number of hydroxylamine groups is 2. The van der Waals surface area contributed by atoms with E-state index in [1.807, 2.05) is 0 Å². The fraction of sp³-hybridized carbons (Fsp3) is 0.222. The maximum atomic E-state index is 11.9. The van der Waals surface area contributed by atoms with Crippen LogP contribution in [0, 0.1) is 0 Å². The van der Waals surface area contributed by atoms with Crippen LogP contribution in [-0.4, -0.2) is 24.7 Å². The fourth-order valence-electron chi connectivity index (χ4n) is 1.08. The molecular formula is C9H10BrClN2O3S. The first-order valence-electron chi connectivity index (χ1n) is 4.40. The third-order valence-corrected chi connectivity index (χ3v) is 3.14. The van der Waals surface area contributed by atoms with Gasteiger partial charge in [0.1, 0.15) is 0 Å². The zero-order valence-electron chi connectivity index (χ0n) is 9.09. The number of rotatable bonds is 4. The lowest BCUT2D eigenvalue weighted by Gasteiger charge is -2.24. The van der Waals surface area contributed by atoms with E-state index in [4.69, 9.17) is 20.4 Å². The van der Waals surface area contributed by atoms with E-state index >= 15 is 0 Å². The highest BCUT2D eigenvalue weighted by Crippen LogP contribution is 2.23. The Labute approximate surface area is 116 Å². The highest BCUT2D eigenvalue weighted by molar-refractivity contribution is 9.10. The second-order valence-corrected chi connectivity index (χ2v) is 4.54. The topological polar surface area (TPSA) is 42.0 Å². The molecule has 0 aliphatic carbocycles. The fourth-order valence-corrected chi connectivity index (χ4v) is 1.88. The Morgan fingerprint density at radius 3 is 2.29 bits per heavy atom. The Bertz CT molecular complexity index is 375. The van der Waals surface area contributed by atoms with Gasteiger partial charge in [-0.15, -0.1) is 4.47 Å². The summed E-state index contributed by atoms with van der Waals surface area (Å²) in [6.07, 6.45) is 0. The molecule has 1 rings (SSSR count). The van der Waals surface area contributed by atoms with Gasteiger partial charge in [0.05, 0.1) is 31.1 Å². The summed E-state index contributed by atoms with van der Waals surface area (Å²) in [6.45, 7) is 0. The van der Waals surface area contributed by atoms with Crippen molar-refractivity contribution in [1.29, 1.82) is 0 Å². The molecule has 0 bridgehead atoms.